The summed E-state index contributed by atoms with van der Waals surface area (Å²) in [5.41, 5.74) is 0.668. The topological polar surface area (TPSA) is 66.2 Å². The van der Waals surface area contributed by atoms with E-state index in [9.17, 15) is 4.79 Å². The SMILES string of the molecule is CCOc1ccc2c(c1)CC(CC(C(=O)C(C)(C)C)n1cncn1)O2. The average Bonchev–Trinajstić information content (AvgIpc) is 3.20. The van der Waals surface area contributed by atoms with Gasteiger partial charge in [-0.2, -0.15) is 5.10 Å². The van der Waals surface area contributed by atoms with Crippen molar-refractivity contribution in [3.05, 3.63) is 36.4 Å². The lowest BCUT2D eigenvalue weighted by atomic mass is 9.84. The normalized spacial score (nSPS) is 17.7. The molecule has 1 aromatic heterocycles. The van der Waals surface area contributed by atoms with Crippen molar-refractivity contribution in [2.75, 3.05) is 6.61 Å². The number of ketones is 1. The van der Waals surface area contributed by atoms with Crippen LogP contribution in [0.3, 0.4) is 0 Å². The Hall–Kier alpha value is -2.37. The van der Waals surface area contributed by atoms with Crippen LogP contribution in [0.4, 0.5) is 0 Å². The van der Waals surface area contributed by atoms with Crippen LogP contribution in [0.1, 0.15) is 45.7 Å². The van der Waals surface area contributed by atoms with Gasteiger partial charge < -0.3 is 9.47 Å². The van der Waals surface area contributed by atoms with Crippen LogP contribution in [0.5, 0.6) is 11.5 Å². The van der Waals surface area contributed by atoms with E-state index in [1.165, 1.54) is 6.33 Å². The second-order valence-corrected chi connectivity index (χ2v) is 7.39. The molecule has 6 heteroatoms. The first-order valence-corrected chi connectivity index (χ1v) is 8.69. The standard InChI is InChI=1S/C19H25N3O3/c1-5-24-14-6-7-17-13(8-14)9-15(25-17)10-16(18(23)19(2,3)4)22-12-20-11-21-22/h6-8,11-12,15-16H,5,9-10H2,1-4H3. The zero-order valence-electron chi connectivity index (χ0n) is 15.2. The summed E-state index contributed by atoms with van der Waals surface area (Å²) in [4.78, 5) is 16.9. The van der Waals surface area contributed by atoms with Gasteiger partial charge in [-0.3, -0.25) is 4.79 Å². The van der Waals surface area contributed by atoms with Gasteiger partial charge in [0.1, 0.15) is 36.3 Å². The Morgan fingerprint density at radius 2 is 2.24 bits per heavy atom. The fourth-order valence-corrected chi connectivity index (χ4v) is 3.15. The highest BCUT2D eigenvalue weighted by Crippen LogP contribution is 2.36. The third-order valence-electron chi connectivity index (χ3n) is 4.37. The first-order chi connectivity index (χ1) is 11.9. The van der Waals surface area contributed by atoms with Crippen LogP contribution in [0.15, 0.2) is 30.9 Å². The van der Waals surface area contributed by atoms with Gasteiger partial charge in [0.25, 0.3) is 0 Å². The van der Waals surface area contributed by atoms with E-state index in [1.807, 2.05) is 45.9 Å². The molecule has 1 aromatic carbocycles. The number of hydrogen-bond donors (Lipinski definition) is 0. The molecule has 0 radical (unpaired) electrons. The minimum Gasteiger partial charge on any atom is -0.494 e. The molecule has 3 rings (SSSR count). The van der Waals surface area contributed by atoms with Crippen LogP contribution < -0.4 is 9.47 Å². The maximum Gasteiger partial charge on any atom is 0.162 e. The predicted octanol–water partition coefficient (Wildman–Crippen LogP) is 3.23. The van der Waals surface area contributed by atoms with Gasteiger partial charge in [-0.25, -0.2) is 9.67 Å². The zero-order chi connectivity index (χ0) is 18.0. The minimum atomic E-state index is -0.454. The summed E-state index contributed by atoms with van der Waals surface area (Å²) in [6.07, 6.45) is 4.33. The van der Waals surface area contributed by atoms with E-state index in [0.29, 0.717) is 13.0 Å². The van der Waals surface area contributed by atoms with Crippen LogP contribution in [-0.4, -0.2) is 33.3 Å². The molecule has 25 heavy (non-hydrogen) atoms. The number of rotatable bonds is 6. The Bertz CT molecular complexity index is 735. The van der Waals surface area contributed by atoms with Gasteiger partial charge in [-0.15, -0.1) is 0 Å². The highest BCUT2D eigenvalue weighted by Gasteiger charge is 2.35. The van der Waals surface area contributed by atoms with Crippen molar-refractivity contribution in [1.82, 2.24) is 14.8 Å². The molecule has 0 saturated carbocycles. The van der Waals surface area contributed by atoms with E-state index in [2.05, 4.69) is 10.1 Å². The number of carbonyl (C=O) groups is 1. The molecule has 0 spiro atoms. The van der Waals surface area contributed by atoms with Gasteiger partial charge >= 0.3 is 0 Å². The third kappa shape index (κ3) is 3.83. The molecule has 0 saturated heterocycles. The van der Waals surface area contributed by atoms with Crippen molar-refractivity contribution in [3.63, 3.8) is 0 Å². The molecule has 0 N–H and O–H groups in total. The molecule has 0 fully saturated rings. The number of carbonyl (C=O) groups excluding carboxylic acids is 1. The number of hydrogen-bond acceptors (Lipinski definition) is 5. The molecular formula is C19H25N3O3. The van der Waals surface area contributed by atoms with Crippen LogP contribution in [0.25, 0.3) is 0 Å². The van der Waals surface area contributed by atoms with E-state index in [0.717, 1.165) is 23.5 Å². The Morgan fingerprint density at radius 3 is 2.88 bits per heavy atom. The van der Waals surface area contributed by atoms with E-state index in [-0.39, 0.29) is 17.9 Å². The Balaban J connectivity index is 1.76. The molecule has 134 valence electrons. The molecular weight excluding hydrogens is 318 g/mol. The second-order valence-electron chi connectivity index (χ2n) is 7.39. The van der Waals surface area contributed by atoms with Crippen LogP contribution in [0, 0.1) is 5.41 Å². The summed E-state index contributed by atoms with van der Waals surface area (Å²) in [6.45, 7) is 8.39. The number of benzene rings is 1. The summed E-state index contributed by atoms with van der Waals surface area (Å²) in [7, 11) is 0. The molecule has 1 aliphatic heterocycles. The third-order valence-corrected chi connectivity index (χ3v) is 4.37. The van der Waals surface area contributed by atoms with Gasteiger partial charge in [0, 0.05) is 23.8 Å². The van der Waals surface area contributed by atoms with Gasteiger partial charge in [0.05, 0.1) is 6.61 Å². The monoisotopic (exact) mass is 343 g/mol. The van der Waals surface area contributed by atoms with Crippen molar-refractivity contribution < 1.29 is 14.3 Å². The van der Waals surface area contributed by atoms with Gasteiger partial charge in [-0.05, 0) is 25.1 Å². The van der Waals surface area contributed by atoms with Gasteiger partial charge in [-0.1, -0.05) is 20.8 Å². The second kappa shape index (κ2) is 6.86. The first-order valence-electron chi connectivity index (χ1n) is 8.69. The first kappa shape index (κ1) is 17.5. The van der Waals surface area contributed by atoms with E-state index >= 15 is 0 Å². The molecule has 1 aliphatic rings. The van der Waals surface area contributed by atoms with Crippen LogP contribution >= 0.6 is 0 Å². The molecule has 2 unspecified atom stereocenters. The lowest BCUT2D eigenvalue weighted by molar-refractivity contribution is -0.130. The maximum absolute atomic E-state index is 12.9. The Morgan fingerprint density at radius 1 is 1.44 bits per heavy atom. The molecule has 0 aliphatic carbocycles. The number of ether oxygens (including phenoxy) is 2. The summed E-state index contributed by atoms with van der Waals surface area (Å²) < 4.78 is 13.3. The van der Waals surface area contributed by atoms with Crippen molar-refractivity contribution in [2.45, 2.75) is 52.7 Å². The quantitative estimate of drug-likeness (QED) is 0.805. The molecule has 2 aromatic rings. The Kier molecular flexibility index (Phi) is 4.79. The number of aromatic nitrogens is 3. The van der Waals surface area contributed by atoms with Crippen LogP contribution in [-0.2, 0) is 11.2 Å². The molecule has 0 amide bonds. The summed E-state index contributed by atoms with van der Waals surface area (Å²) in [5.74, 6) is 1.85. The van der Waals surface area contributed by atoms with E-state index in [1.54, 1.807) is 11.0 Å². The van der Waals surface area contributed by atoms with Crippen molar-refractivity contribution >= 4 is 5.78 Å². The number of Topliss-reactive ketones (excluding diaryl/α,β-unsaturated/α-hetero) is 1. The summed E-state index contributed by atoms with van der Waals surface area (Å²) in [5, 5.41) is 4.19. The van der Waals surface area contributed by atoms with Crippen molar-refractivity contribution in [2.24, 2.45) is 5.41 Å². The Labute approximate surface area is 148 Å². The predicted molar refractivity (Wildman–Crippen MR) is 93.9 cm³/mol. The lowest BCUT2D eigenvalue weighted by Crippen LogP contribution is -2.34. The molecule has 2 heterocycles. The fraction of sp³-hybridized carbons (Fsp3) is 0.526. The maximum atomic E-state index is 12.9. The van der Waals surface area contributed by atoms with Gasteiger partial charge in [0.15, 0.2) is 5.78 Å². The van der Waals surface area contributed by atoms with Crippen molar-refractivity contribution in [3.8, 4) is 11.5 Å². The lowest BCUT2D eigenvalue weighted by Gasteiger charge is -2.26. The fourth-order valence-electron chi connectivity index (χ4n) is 3.15. The zero-order valence-corrected chi connectivity index (χ0v) is 15.2. The molecule has 0 bridgehead atoms. The number of fused-ring (bicyclic) bond motifs is 1. The minimum absolute atomic E-state index is 0.0626. The summed E-state index contributed by atoms with van der Waals surface area (Å²) in [6, 6.07) is 5.50. The summed E-state index contributed by atoms with van der Waals surface area (Å²) >= 11 is 0. The van der Waals surface area contributed by atoms with E-state index in [4.69, 9.17) is 9.47 Å². The van der Waals surface area contributed by atoms with Crippen LogP contribution in [0.2, 0.25) is 0 Å². The highest BCUT2D eigenvalue weighted by molar-refractivity contribution is 5.87. The van der Waals surface area contributed by atoms with E-state index < -0.39 is 5.41 Å². The number of nitrogens with zero attached hydrogens (tertiary/aromatic N) is 3. The highest BCUT2D eigenvalue weighted by atomic mass is 16.5. The largest absolute Gasteiger partial charge is 0.494 e. The average molecular weight is 343 g/mol. The molecule has 2 atom stereocenters. The van der Waals surface area contributed by atoms with Gasteiger partial charge in [0.2, 0.25) is 0 Å². The molecule has 6 nitrogen and oxygen atoms in total. The van der Waals surface area contributed by atoms with Crippen molar-refractivity contribution in [1.29, 1.82) is 0 Å². The smallest absolute Gasteiger partial charge is 0.162 e.